The van der Waals surface area contributed by atoms with Crippen LogP contribution in [-0.4, -0.2) is 31.8 Å². The second-order valence-corrected chi connectivity index (χ2v) is 9.92. The number of halogens is 2. The highest BCUT2D eigenvalue weighted by atomic mass is 35.5. The highest BCUT2D eigenvalue weighted by Crippen LogP contribution is 2.27. The molecule has 2 aromatic carbocycles. The van der Waals surface area contributed by atoms with Crippen LogP contribution in [0.4, 0.5) is 0 Å². The van der Waals surface area contributed by atoms with Crippen LogP contribution < -0.4 is 9.54 Å². The summed E-state index contributed by atoms with van der Waals surface area (Å²) in [5.41, 5.74) is 0.760. The van der Waals surface area contributed by atoms with Gasteiger partial charge in [-0.05, 0) is 36.4 Å². The minimum absolute atomic E-state index is 0.204. The molecule has 152 valence electrons. The van der Waals surface area contributed by atoms with Crippen LogP contribution in [0.1, 0.15) is 0 Å². The van der Waals surface area contributed by atoms with E-state index in [2.05, 4.69) is 11.6 Å². The summed E-state index contributed by atoms with van der Waals surface area (Å²) in [6.07, 6.45) is 2.82. The Morgan fingerprint density at radius 1 is 1.28 bits per heavy atom. The Hall–Kier alpha value is -2.13. The molecule has 0 radical (unpaired) electrons. The molecule has 1 aromatic heterocycles. The molecule has 0 spiro atoms. The van der Waals surface area contributed by atoms with Gasteiger partial charge in [0, 0.05) is 17.8 Å². The molecule has 1 amide bonds. The van der Waals surface area contributed by atoms with Crippen molar-refractivity contribution >= 4 is 60.5 Å². The van der Waals surface area contributed by atoms with Crippen LogP contribution in [0, 0.1) is 0 Å². The second-order valence-electron chi connectivity index (χ2n) is 6.05. The predicted molar refractivity (Wildman–Crippen MR) is 116 cm³/mol. The van der Waals surface area contributed by atoms with Gasteiger partial charge in [-0.1, -0.05) is 40.6 Å². The van der Waals surface area contributed by atoms with Gasteiger partial charge >= 0.3 is 0 Å². The van der Waals surface area contributed by atoms with Gasteiger partial charge in [0.25, 0.3) is 5.91 Å². The lowest BCUT2D eigenvalue weighted by atomic mass is 10.3. The summed E-state index contributed by atoms with van der Waals surface area (Å²) in [7, 11) is -3.34. The number of aromatic nitrogens is 1. The summed E-state index contributed by atoms with van der Waals surface area (Å²) in [6.45, 7) is 3.83. The molecule has 6 nitrogen and oxygen atoms in total. The van der Waals surface area contributed by atoms with E-state index in [1.54, 1.807) is 34.9 Å². The second kappa shape index (κ2) is 8.71. The van der Waals surface area contributed by atoms with Gasteiger partial charge < -0.3 is 9.30 Å². The fourth-order valence-corrected chi connectivity index (χ4v) is 4.83. The summed E-state index contributed by atoms with van der Waals surface area (Å²) >= 11 is 13.1. The number of carbonyl (C=O) groups excluding carboxylic acids is 1. The van der Waals surface area contributed by atoms with Gasteiger partial charge in [0.2, 0.25) is 0 Å². The van der Waals surface area contributed by atoms with Gasteiger partial charge in [0.05, 0.1) is 20.1 Å². The van der Waals surface area contributed by atoms with Crippen molar-refractivity contribution in [3.63, 3.8) is 0 Å². The SMILES string of the molecule is C=CCn1/c(=N/C(=O)COc2ccc(Cl)cc2Cl)sc2cc(S(C)(=O)=O)ccc21. The van der Waals surface area contributed by atoms with Gasteiger partial charge in [-0.25, -0.2) is 8.42 Å². The van der Waals surface area contributed by atoms with Crippen LogP contribution in [0.3, 0.4) is 0 Å². The lowest BCUT2D eigenvalue weighted by Gasteiger charge is -2.06. The highest BCUT2D eigenvalue weighted by Gasteiger charge is 2.13. The standard InChI is InChI=1S/C19H16Cl2N2O4S2/c1-3-8-23-15-6-5-13(29(2,25)26)10-17(15)28-19(23)22-18(24)11-27-16-7-4-12(20)9-14(16)21/h3-7,9-10H,1,8,11H2,2H3/b22-19-. The largest absolute Gasteiger partial charge is 0.482 e. The van der Waals surface area contributed by atoms with E-state index in [0.29, 0.717) is 31.8 Å². The van der Waals surface area contributed by atoms with Crippen LogP contribution in [-0.2, 0) is 21.2 Å². The fraction of sp³-hybridized carbons (Fsp3) is 0.158. The average molecular weight is 471 g/mol. The molecule has 0 aliphatic heterocycles. The Morgan fingerprint density at radius 2 is 2.03 bits per heavy atom. The molecule has 0 N–H and O–H groups in total. The van der Waals surface area contributed by atoms with Gasteiger partial charge in [0.15, 0.2) is 21.2 Å². The molecule has 0 bridgehead atoms. The Kier molecular flexibility index (Phi) is 6.48. The lowest BCUT2D eigenvalue weighted by molar-refractivity contribution is -0.120. The van der Waals surface area contributed by atoms with Crippen LogP contribution in [0.15, 0.2) is 58.9 Å². The number of hydrogen-bond acceptors (Lipinski definition) is 5. The molecular weight excluding hydrogens is 455 g/mol. The zero-order valence-electron chi connectivity index (χ0n) is 15.3. The topological polar surface area (TPSA) is 77.7 Å². The summed E-state index contributed by atoms with van der Waals surface area (Å²) in [5.74, 6) is -0.184. The van der Waals surface area contributed by atoms with E-state index in [1.807, 2.05) is 0 Å². The first kappa shape index (κ1) is 21.6. The third-order valence-corrected chi connectivity index (χ3v) is 6.54. The number of benzene rings is 2. The van der Waals surface area contributed by atoms with Crippen LogP contribution in [0.25, 0.3) is 10.2 Å². The van der Waals surface area contributed by atoms with Crippen molar-refractivity contribution in [1.29, 1.82) is 0 Å². The zero-order valence-corrected chi connectivity index (χ0v) is 18.4. The van der Waals surface area contributed by atoms with Crippen molar-refractivity contribution in [3.8, 4) is 5.75 Å². The molecule has 1 heterocycles. The van der Waals surface area contributed by atoms with Crippen molar-refractivity contribution < 1.29 is 17.9 Å². The Balaban J connectivity index is 1.94. The number of nitrogens with zero attached hydrogens (tertiary/aromatic N) is 2. The fourth-order valence-electron chi connectivity index (χ4n) is 2.55. The maximum absolute atomic E-state index is 12.3. The molecule has 0 saturated heterocycles. The van der Waals surface area contributed by atoms with E-state index in [0.717, 1.165) is 11.8 Å². The van der Waals surface area contributed by atoms with Crippen molar-refractivity contribution in [2.75, 3.05) is 12.9 Å². The van der Waals surface area contributed by atoms with E-state index >= 15 is 0 Å². The van der Waals surface area contributed by atoms with Crippen molar-refractivity contribution in [1.82, 2.24) is 4.57 Å². The van der Waals surface area contributed by atoms with Crippen molar-refractivity contribution in [3.05, 3.63) is 63.9 Å². The third kappa shape index (κ3) is 5.08. The number of fused-ring (bicyclic) bond motifs is 1. The molecule has 29 heavy (non-hydrogen) atoms. The van der Waals surface area contributed by atoms with Crippen molar-refractivity contribution in [2.24, 2.45) is 4.99 Å². The smallest absolute Gasteiger partial charge is 0.286 e. The number of amides is 1. The summed E-state index contributed by atoms with van der Waals surface area (Å²) < 4.78 is 31.5. The van der Waals surface area contributed by atoms with E-state index in [-0.39, 0.29) is 11.5 Å². The van der Waals surface area contributed by atoms with Gasteiger partial charge in [-0.15, -0.1) is 6.58 Å². The Labute approximate surface area is 181 Å². The van der Waals surface area contributed by atoms with Crippen LogP contribution in [0.2, 0.25) is 10.0 Å². The number of rotatable bonds is 6. The first-order valence-corrected chi connectivity index (χ1v) is 11.7. The van der Waals surface area contributed by atoms with Gasteiger partial charge in [-0.2, -0.15) is 4.99 Å². The monoisotopic (exact) mass is 470 g/mol. The number of carbonyl (C=O) groups is 1. The molecule has 0 aliphatic carbocycles. The predicted octanol–water partition coefficient (Wildman–Crippen LogP) is 4.11. The van der Waals surface area contributed by atoms with Crippen LogP contribution >= 0.6 is 34.5 Å². The molecule has 0 unspecified atom stereocenters. The molecule has 0 fully saturated rings. The number of ether oxygens (including phenoxy) is 1. The Bertz CT molecular complexity index is 1280. The molecular formula is C19H16Cl2N2O4S2. The molecule has 3 aromatic rings. The molecule has 0 aliphatic rings. The summed E-state index contributed by atoms with van der Waals surface area (Å²) in [6, 6.07) is 9.49. The minimum atomic E-state index is -3.34. The first-order chi connectivity index (χ1) is 13.7. The quantitative estimate of drug-likeness (QED) is 0.507. The first-order valence-electron chi connectivity index (χ1n) is 8.29. The normalized spacial score (nSPS) is 12.3. The molecule has 3 rings (SSSR count). The lowest BCUT2D eigenvalue weighted by Crippen LogP contribution is -2.19. The summed E-state index contributed by atoms with van der Waals surface area (Å²) in [5, 5.41) is 0.754. The maximum atomic E-state index is 12.3. The molecule has 0 saturated carbocycles. The average Bonchev–Trinajstić information content (AvgIpc) is 2.97. The number of allylic oxidation sites excluding steroid dienone is 1. The van der Waals surface area contributed by atoms with E-state index < -0.39 is 15.7 Å². The van der Waals surface area contributed by atoms with Crippen LogP contribution in [0.5, 0.6) is 5.75 Å². The minimum Gasteiger partial charge on any atom is -0.482 e. The third-order valence-electron chi connectivity index (χ3n) is 3.86. The van der Waals surface area contributed by atoms with Gasteiger partial charge in [-0.3, -0.25) is 4.79 Å². The number of thiazole rings is 1. The van der Waals surface area contributed by atoms with E-state index in [4.69, 9.17) is 27.9 Å². The maximum Gasteiger partial charge on any atom is 0.286 e. The Morgan fingerprint density at radius 3 is 2.69 bits per heavy atom. The number of hydrogen-bond donors (Lipinski definition) is 0. The number of sulfone groups is 1. The van der Waals surface area contributed by atoms with E-state index in [1.165, 1.54) is 23.5 Å². The molecule has 0 atom stereocenters. The highest BCUT2D eigenvalue weighted by molar-refractivity contribution is 7.90. The van der Waals surface area contributed by atoms with E-state index in [9.17, 15) is 13.2 Å². The molecule has 10 heteroatoms. The van der Waals surface area contributed by atoms with Gasteiger partial charge in [0.1, 0.15) is 5.75 Å². The van der Waals surface area contributed by atoms with Crippen molar-refractivity contribution in [2.45, 2.75) is 11.4 Å². The summed E-state index contributed by atoms with van der Waals surface area (Å²) in [4.78, 5) is 17.1. The zero-order chi connectivity index (χ0) is 21.2.